The van der Waals surface area contributed by atoms with Crippen molar-refractivity contribution in [3.63, 3.8) is 0 Å². The number of nitrogens with zero attached hydrogens (tertiary/aromatic N) is 3. The van der Waals surface area contributed by atoms with E-state index in [4.69, 9.17) is 4.74 Å². The molecule has 0 aromatic carbocycles. The van der Waals surface area contributed by atoms with Crippen molar-refractivity contribution in [1.29, 1.82) is 0 Å². The Balaban J connectivity index is 2.48. The molecule has 1 N–H and O–H groups in total. The second kappa shape index (κ2) is 9.70. The van der Waals surface area contributed by atoms with Gasteiger partial charge in [0, 0.05) is 46.0 Å². The molecule has 0 aromatic rings. The second-order valence-electron chi connectivity index (χ2n) is 6.23. The van der Waals surface area contributed by atoms with Crippen molar-refractivity contribution < 1.29 is 21.6 Å². The van der Waals surface area contributed by atoms with Gasteiger partial charge in [0.25, 0.3) is 0 Å². The number of piperazine rings is 1. The summed E-state index contributed by atoms with van der Waals surface area (Å²) >= 11 is 0. The van der Waals surface area contributed by atoms with Gasteiger partial charge in [-0.2, -0.15) is 4.31 Å². The van der Waals surface area contributed by atoms with Crippen molar-refractivity contribution in [2.24, 2.45) is 4.99 Å². The van der Waals surface area contributed by atoms with Gasteiger partial charge < -0.3 is 15.0 Å². The van der Waals surface area contributed by atoms with Crippen LogP contribution in [-0.4, -0.2) is 102 Å². The van der Waals surface area contributed by atoms with E-state index >= 15 is 0 Å². The fourth-order valence-corrected chi connectivity index (χ4v) is 4.13. The summed E-state index contributed by atoms with van der Waals surface area (Å²) in [5, 5.41) is 3.00. The first-order valence-corrected chi connectivity index (χ1v) is 11.9. The molecule has 0 aromatic heterocycles. The van der Waals surface area contributed by atoms with Crippen LogP contribution in [0.1, 0.15) is 13.8 Å². The Morgan fingerprint density at radius 2 is 1.72 bits per heavy atom. The summed E-state index contributed by atoms with van der Waals surface area (Å²) in [7, 11) is -4.75. The minimum atomic E-state index is -3.33. The van der Waals surface area contributed by atoms with Gasteiger partial charge in [0.15, 0.2) is 5.96 Å². The van der Waals surface area contributed by atoms with Gasteiger partial charge in [-0.05, 0) is 13.8 Å². The van der Waals surface area contributed by atoms with E-state index in [1.165, 1.54) is 10.6 Å². The van der Waals surface area contributed by atoms with Crippen molar-refractivity contribution >= 4 is 25.8 Å². The summed E-state index contributed by atoms with van der Waals surface area (Å²) in [6.07, 6.45) is 1.19. The van der Waals surface area contributed by atoms with E-state index in [0.717, 1.165) is 0 Å². The number of hydrogen-bond acceptors (Lipinski definition) is 6. The summed E-state index contributed by atoms with van der Waals surface area (Å²) in [6, 6.07) is 0. The number of nitrogens with one attached hydrogen (secondary N) is 1. The SMILES string of the molecule is CN=C(NCCS(C)(=O)=O)N1CCN(S(=O)(=O)CCOC(C)C)CC1. The Bertz CT molecular complexity index is 638. The molecule has 0 saturated carbocycles. The Labute approximate surface area is 151 Å². The minimum absolute atomic E-state index is 0.00776. The van der Waals surface area contributed by atoms with E-state index < -0.39 is 19.9 Å². The first kappa shape index (κ1) is 22.1. The molecule has 1 fully saturated rings. The summed E-state index contributed by atoms with van der Waals surface area (Å²) in [6.45, 7) is 5.95. The van der Waals surface area contributed by atoms with Gasteiger partial charge in [0.1, 0.15) is 9.84 Å². The lowest BCUT2D eigenvalue weighted by molar-refractivity contribution is 0.0904. The van der Waals surface area contributed by atoms with Gasteiger partial charge in [0.2, 0.25) is 10.0 Å². The molecule has 11 heteroatoms. The first-order valence-electron chi connectivity index (χ1n) is 8.28. The maximum atomic E-state index is 12.3. The normalized spacial score (nSPS) is 18.0. The molecule has 1 heterocycles. The third-order valence-corrected chi connectivity index (χ3v) is 6.47. The zero-order chi connectivity index (χ0) is 19.1. The average Bonchev–Trinajstić information content (AvgIpc) is 2.50. The van der Waals surface area contributed by atoms with Crippen LogP contribution >= 0.6 is 0 Å². The number of guanidine groups is 1. The second-order valence-corrected chi connectivity index (χ2v) is 10.6. The third-order valence-electron chi connectivity index (χ3n) is 3.69. The van der Waals surface area contributed by atoms with E-state index in [0.29, 0.717) is 32.1 Å². The smallest absolute Gasteiger partial charge is 0.216 e. The highest BCUT2D eigenvalue weighted by atomic mass is 32.2. The Hall–Kier alpha value is -0.910. The lowest BCUT2D eigenvalue weighted by Crippen LogP contribution is -2.54. The van der Waals surface area contributed by atoms with Gasteiger partial charge >= 0.3 is 0 Å². The standard InChI is InChI=1S/C14H30N4O5S2/c1-13(2)23-10-12-25(21,22)18-8-6-17(7-9-18)14(15-3)16-5-11-24(4,19)20/h13H,5-12H2,1-4H3,(H,15,16). The molecule has 0 bridgehead atoms. The largest absolute Gasteiger partial charge is 0.378 e. The van der Waals surface area contributed by atoms with Crippen molar-refractivity contribution in [3.8, 4) is 0 Å². The minimum Gasteiger partial charge on any atom is -0.378 e. The average molecular weight is 399 g/mol. The summed E-state index contributed by atoms with van der Waals surface area (Å²) in [5.74, 6) is 0.590. The molecular formula is C14H30N4O5S2. The van der Waals surface area contributed by atoms with Gasteiger partial charge in [-0.1, -0.05) is 0 Å². The van der Waals surface area contributed by atoms with Crippen molar-refractivity contribution in [2.45, 2.75) is 20.0 Å². The quantitative estimate of drug-likeness (QED) is 0.412. The number of sulfone groups is 1. The Morgan fingerprint density at radius 1 is 1.12 bits per heavy atom. The summed E-state index contributed by atoms with van der Waals surface area (Å²) < 4.78 is 53.8. The van der Waals surface area contributed by atoms with Crippen LogP contribution in [0.15, 0.2) is 4.99 Å². The summed E-state index contributed by atoms with van der Waals surface area (Å²) in [4.78, 5) is 6.07. The van der Waals surface area contributed by atoms with E-state index in [1.807, 2.05) is 18.7 Å². The van der Waals surface area contributed by atoms with Crippen molar-refractivity contribution in [2.75, 3.05) is 64.1 Å². The molecular weight excluding hydrogens is 368 g/mol. The van der Waals surface area contributed by atoms with Crippen LogP contribution in [-0.2, 0) is 24.6 Å². The molecule has 0 atom stereocenters. The topological polar surface area (TPSA) is 108 Å². The van der Waals surface area contributed by atoms with Crippen LogP contribution in [0.5, 0.6) is 0 Å². The maximum absolute atomic E-state index is 12.3. The molecule has 1 rings (SSSR count). The van der Waals surface area contributed by atoms with E-state index in [9.17, 15) is 16.8 Å². The van der Waals surface area contributed by atoms with Gasteiger partial charge in [0.05, 0.1) is 24.2 Å². The van der Waals surface area contributed by atoms with Gasteiger partial charge in [-0.15, -0.1) is 0 Å². The number of rotatable bonds is 8. The highest BCUT2D eigenvalue weighted by Crippen LogP contribution is 2.09. The molecule has 0 radical (unpaired) electrons. The summed E-state index contributed by atoms with van der Waals surface area (Å²) in [5.41, 5.74) is 0. The lowest BCUT2D eigenvalue weighted by Gasteiger charge is -2.35. The van der Waals surface area contributed by atoms with Crippen LogP contribution in [0.3, 0.4) is 0 Å². The predicted octanol–water partition coefficient (Wildman–Crippen LogP) is -1.02. The van der Waals surface area contributed by atoms with Gasteiger partial charge in [-0.3, -0.25) is 4.99 Å². The molecule has 1 saturated heterocycles. The van der Waals surface area contributed by atoms with E-state index in [2.05, 4.69) is 10.3 Å². The molecule has 0 aliphatic carbocycles. The zero-order valence-electron chi connectivity index (χ0n) is 15.4. The molecule has 1 aliphatic rings. The van der Waals surface area contributed by atoms with E-state index in [-0.39, 0.29) is 30.8 Å². The molecule has 148 valence electrons. The third kappa shape index (κ3) is 8.34. The monoisotopic (exact) mass is 398 g/mol. The Morgan fingerprint density at radius 3 is 2.20 bits per heavy atom. The van der Waals surface area contributed by atoms with Crippen LogP contribution in [0.4, 0.5) is 0 Å². The highest BCUT2D eigenvalue weighted by molar-refractivity contribution is 7.90. The van der Waals surface area contributed by atoms with Crippen LogP contribution in [0.2, 0.25) is 0 Å². The van der Waals surface area contributed by atoms with Crippen LogP contribution in [0.25, 0.3) is 0 Å². The van der Waals surface area contributed by atoms with Gasteiger partial charge in [-0.25, -0.2) is 16.8 Å². The molecule has 25 heavy (non-hydrogen) atoms. The molecule has 0 amide bonds. The fourth-order valence-electron chi connectivity index (χ4n) is 2.38. The number of sulfonamides is 1. The maximum Gasteiger partial charge on any atom is 0.216 e. The fraction of sp³-hybridized carbons (Fsp3) is 0.929. The number of aliphatic imine (C=N–C) groups is 1. The highest BCUT2D eigenvalue weighted by Gasteiger charge is 2.28. The van der Waals surface area contributed by atoms with Crippen molar-refractivity contribution in [3.05, 3.63) is 0 Å². The zero-order valence-corrected chi connectivity index (χ0v) is 17.1. The molecule has 1 aliphatic heterocycles. The predicted molar refractivity (Wildman–Crippen MR) is 99.1 cm³/mol. The molecule has 0 spiro atoms. The van der Waals surface area contributed by atoms with Crippen LogP contribution < -0.4 is 5.32 Å². The first-order chi connectivity index (χ1) is 11.5. The van der Waals surface area contributed by atoms with E-state index in [1.54, 1.807) is 7.05 Å². The lowest BCUT2D eigenvalue weighted by atomic mass is 10.4. The number of ether oxygens (including phenoxy) is 1. The Kier molecular flexibility index (Phi) is 8.58. The number of hydrogen-bond donors (Lipinski definition) is 1. The molecule has 0 unspecified atom stereocenters. The molecule has 9 nitrogen and oxygen atoms in total. The van der Waals surface area contributed by atoms with Crippen LogP contribution in [0, 0.1) is 0 Å². The van der Waals surface area contributed by atoms with Crippen molar-refractivity contribution in [1.82, 2.24) is 14.5 Å².